The van der Waals surface area contributed by atoms with Gasteiger partial charge in [0.1, 0.15) is 0 Å². The highest BCUT2D eigenvalue weighted by molar-refractivity contribution is 6.10. The fourth-order valence-corrected chi connectivity index (χ4v) is 10.8. The van der Waals surface area contributed by atoms with Crippen LogP contribution in [0.15, 0.2) is 199 Å². The van der Waals surface area contributed by atoms with Crippen LogP contribution < -0.4 is 4.90 Å². The number of para-hydroxylation sites is 2. The van der Waals surface area contributed by atoms with Crippen LogP contribution in [0.5, 0.6) is 0 Å². The molecule has 0 unspecified atom stereocenters. The Morgan fingerprint density at radius 2 is 1.08 bits per heavy atom. The summed E-state index contributed by atoms with van der Waals surface area (Å²) < 4.78 is 2.39. The van der Waals surface area contributed by atoms with Gasteiger partial charge in [0.15, 0.2) is 0 Å². The zero-order valence-electron chi connectivity index (χ0n) is 36.5. The van der Waals surface area contributed by atoms with Crippen LogP contribution in [0.1, 0.15) is 72.9 Å². The summed E-state index contributed by atoms with van der Waals surface area (Å²) in [7, 11) is 0. The molecule has 0 amide bonds. The van der Waals surface area contributed by atoms with Crippen molar-refractivity contribution in [2.75, 3.05) is 4.90 Å². The van der Waals surface area contributed by atoms with Crippen LogP contribution in [0.4, 0.5) is 11.4 Å². The molecule has 1 aromatic heterocycles. The predicted molar refractivity (Wildman–Crippen MR) is 268 cm³/mol. The van der Waals surface area contributed by atoms with Crippen molar-refractivity contribution in [1.82, 2.24) is 4.57 Å². The highest BCUT2D eigenvalue weighted by Gasteiger charge is 2.32. The lowest BCUT2D eigenvalue weighted by Gasteiger charge is -2.36. The lowest BCUT2D eigenvalue weighted by atomic mass is 9.79. The molecule has 1 heterocycles. The van der Waals surface area contributed by atoms with E-state index < -0.39 is 0 Å². The Balaban J connectivity index is 0.00000219. The van der Waals surface area contributed by atoms with Crippen molar-refractivity contribution in [3.05, 3.63) is 233 Å². The van der Waals surface area contributed by atoms with Crippen LogP contribution in [0, 0.1) is 6.92 Å². The molecule has 0 radical (unpaired) electrons. The number of hydrogen-bond donors (Lipinski definition) is 0. The minimum atomic E-state index is 0.953. The minimum absolute atomic E-state index is 0.953. The minimum Gasteiger partial charge on any atom is -0.314 e. The number of fused-ring (bicyclic) bond motifs is 9. The first-order valence-electron chi connectivity index (χ1n) is 23.0. The summed E-state index contributed by atoms with van der Waals surface area (Å²) >= 11 is 0. The van der Waals surface area contributed by atoms with E-state index in [0.29, 0.717) is 0 Å². The van der Waals surface area contributed by atoms with Gasteiger partial charge in [0, 0.05) is 39.1 Å². The maximum atomic E-state index is 2.62. The Morgan fingerprint density at radius 1 is 0.429 bits per heavy atom. The van der Waals surface area contributed by atoms with E-state index in [1.54, 1.807) is 0 Å². The van der Waals surface area contributed by atoms with E-state index in [1.807, 2.05) is 13.8 Å². The van der Waals surface area contributed by atoms with Crippen LogP contribution in [0.3, 0.4) is 0 Å². The van der Waals surface area contributed by atoms with Gasteiger partial charge >= 0.3 is 0 Å². The van der Waals surface area contributed by atoms with Crippen LogP contribution in [0.2, 0.25) is 0 Å². The molecular formula is C61H52N2. The van der Waals surface area contributed by atoms with E-state index >= 15 is 0 Å². The van der Waals surface area contributed by atoms with Gasteiger partial charge in [0.05, 0.1) is 11.0 Å². The number of hydrogen-bond acceptors (Lipinski definition) is 1. The van der Waals surface area contributed by atoms with Gasteiger partial charge in [0.25, 0.3) is 0 Å². The van der Waals surface area contributed by atoms with Gasteiger partial charge in [-0.3, -0.25) is 0 Å². The molecule has 0 aliphatic heterocycles. The number of benzene rings is 8. The molecule has 2 nitrogen and oxygen atoms in total. The molecule has 3 aliphatic carbocycles. The van der Waals surface area contributed by atoms with Crippen molar-refractivity contribution < 1.29 is 0 Å². The van der Waals surface area contributed by atoms with Gasteiger partial charge in [-0.25, -0.2) is 0 Å². The normalized spacial score (nSPS) is 14.1. The Kier molecular flexibility index (Phi) is 10.0. The van der Waals surface area contributed by atoms with E-state index in [2.05, 4.69) is 204 Å². The third-order valence-corrected chi connectivity index (χ3v) is 13.7. The predicted octanol–water partition coefficient (Wildman–Crippen LogP) is 16.5. The van der Waals surface area contributed by atoms with Gasteiger partial charge in [0.2, 0.25) is 0 Å². The van der Waals surface area contributed by atoms with E-state index in [4.69, 9.17) is 0 Å². The van der Waals surface area contributed by atoms with E-state index in [0.717, 1.165) is 38.5 Å². The fourth-order valence-electron chi connectivity index (χ4n) is 10.8. The van der Waals surface area contributed by atoms with Gasteiger partial charge in [-0.1, -0.05) is 147 Å². The molecule has 0 bridgehead atoms. The number of allylic oxidation sites excluding steroid dienone is 4. The number of rotatable bonds is 6. The molecule has 63 heavy (non-hydrogen) atoms. The lowest BCUT2D eigenvalue weighted by Crippen LogP contribution is -2.22. The third kappa shape index (κ3) is 6.64. The van der Waals surface area contributed by atoms with Crippen molar-refractivity contribution in [2.45, 2.75) is 59.3 Å². The summed E-state index contributed by atoms with van der Waals surface area (Å²) in [6.07, 6.45) is 6.27. The summed E-state index contributed by atoms with van der Waals surface area (Å²) in [5, 5.41) is 2.54. The van der Waals surface area contributed by atoms with Gasteiger partial charge in [-0.15, -0.1) is 0 Å². The van der Waals surface area contributed by atoms with E-state index in [1.165, 1.54) is 117 Å². The van der Waals surface area contributed by atoms with Crippen LogP contribution in [0.25, 0.3) is 60.9 Å². The number of aryl methyl sites for hydroxylation is 2. The molecule has 0 saturated heterocycles. The smallest absolute Gasteiger partial charge is 0.0541 e. The highest BCUT2D eigenvalue weighted by Crippen LogP contribution is 2.51. The van der Waals surface area contributed by atoms with Gasteiger partial charge in [-0.05, 0) is 167 Å². The maximum Gasteiger partial charge on any atom is 0.0541 e. The molecule has 12 rings (SSSR count). The van der Waals surface area contributed by atoms with Crippen LogP contribution in [-0.2, 0) is 12.8 Å². The van der Waals surface area contributed by atoms with Gasteiger partial charge < -0.3 is 9.47 Å². The largest absolute Gasteiger partial charge is 0.314 e. The number of nitrogens with zero attached hydrogens (tertiary/aromatic N) is 2. The summed E-state index contributed by atoms with van der Waals surface area (Å²) in [5.41, 5.74) is 25.5. The first-order valence-corrected chi connectivity index (χ1v) is 23.0. The van der Waals surface area contributed by atoms with E-state index in [-0.39, 0.29) is 0 Å². The van der Waals surface area contributed by atoms with Crippen molar-refractivity contribution in [1.29, 1.82) is 0 Å². The van der Waals surface area contributed by atoms with Crippen molar-refractivity contribution >= 4 is 44.3 Å². The first kappa shape index (κ1) is 38.7. The second kappa shape index (κ2) is 16.3. The molecule has 0 spiro atoms. The van der Waals surface area contributed by atoms with Crippen LogP contribution in [-0.4, -0.2) is 4.57 Å². The second-order valence-electron chi connectivity index (χ2n) is 17.1. The number of anilines is 2. The maximum absolute atomic E-state index is 2.62. The summed E-state index contributed by atoms with van der Waals surface area (Å²) in [4.78, 5) is 2.62. The molecule has 9 aromatic rings. The Labute approximate surface area is 372 Å². The quantitative estimate of drug-likeness (QED) is 0.162. The molecule has 306 valence electrons. The lowest BCUT2D eigenvalue weighted by molar-refractivity contribution is 0.827. The number of aromatic nitrogens is 1. The molecular weight excluding hydrogens is 761 g/mol. The van der Waals surface area contributed by atoms with Crippen LogP contribution >= 0.6 is 0 Å². The second-order valence-corrected chi connectivity index (χ2v) is 17.1. The molecule has 2 heteroatoms. The molecule has 0 N–H and O–H groups in total. The Hall–Kier alpha value is -7.16. The summed E-state index contributed by atoms with van der Waals surface area (Å²) in [6, 6.07) is 70.4. The SMILES string of the molecule is CC.Cc1ccccc1C1=C2CCCc3ccccc3C2=C(N(c2ccc(-c3ccc4c(c3)c3ccccc3n4-c3ccccc3)cc2)c2ccc3c(c2)-c2ccccc2C3)CC1. The average Bonchev–Trinajstić information content (AvgIpc) is 3.81. The molecule has 0 fully saturated rings. The molecule has 3 aliphatic rings. The standard InChI is InChI=1S/C59H46N2.C2H6/c1-39-14-5-8-20-48(39)51-33-35-58(59-50-22-10-6-15-41(50)17-13-24-53(51)59)60(47-32-28-44-36-43-16-7-9-21-49(43)54(44)38-47)46-30-26-40(27-31-46)42-29-34-57-55(37-42)52-23-11-12-25-56(52)61(57)45-18-3-2-4-19-45;1-2/h2-12,14-16,18-23,25-32,34,37-38H,13,17,24,33,35-36H2,1H3;1-2H3. The van der Waals surface area contributed by atoms with Gasteiger partial charge in [-0.2, -0.15) is 0 Å². The fraction of sp³-hybridized carbons (Fsp3) is 0.148. The van der Waals surface area contributed by atoms with Crippen molar-refractivity contribution in [3.8, 4) is 27.9 Å². The van der Waals surface area contributed by atoms with Crippen molar-refractivity contribution in [3.63, 3.8) is 0 Å². The Bertz CT molecular complexity index is 3250. The molecule has 0 saturated carbocycles. The Morgan fingerprint density at radius 3 is 1.90 bits per heavy atom. The zero-order chi connectivity index (χ0) is 42.4. The highest BCUT2D eigenvalue weighted by atomic mass is 15.2. The molecule has 0 atom stereocenters. The monoisotopic (exact) mass is 812 g/mol. The first-order chi connectivity index (χ1) is 31.2. The van der Waals surface area contributed by atoms with Crippen molar-refractivity contribution in [2.24, 2.45) is 0 Å². The summed E-state index contributed by atoms with van der Waals surface area (Å²) in [6.45, 7) is 6.28. The third-order valence-electron chi connectivity index (χ3n) is 13.7. The molecule has 8 aromatic carbocycles. The zero-order valence-corrected chi connectivity index (χ0v) is 36.5. The average molecular weight is 813 g/mol. The topological polar surface area (TPSA) is 8.17 Å². The summed E-state index contributed by atoms with van der Waals surface area (Å²) in [5.74, 6) is 0. The van der Waals surface area contributed by atoms with E-state index in [9.17, 15) is 0 Å².